The number of halogens is 1. The molecular weight excluding hydrogens is 326 g/mol. The van der Waals surface area contributed by atoms with Crippen LogP contribution in [0, 0.1) is 11.3 Å². The van der Waals surface area contributed by atoms with Gasteiger partial charge in [-0.15, -0.1) is 0 Å². The van der Waals surface area contributed by atoms with Crippen molar-refractivity contribution < 1.29 is 4.79 Å². The van der Waals surface area contributed by atoms with Crippen LogP contribution in [-0.4, -0.2) is 34.6 Å². The summed E-state index contributed by atoms with van der Waals surface area (Å²) >= 11 is 5.92. The zero-order valence-corrected chi connectivity index (χ0v) is 14.1. The Morgan fingerprint density at radius 2 is 2.12 bits per heavy atom. The van der Waals surface area contributed by atoms with E-state index < -0.39 is 0 Å². The predicted molar refractivity (Wildman–Crippen MR) is 92.1 cm³/mol. The molecule has 1 aliphatic heterocycles. The molecule has 1 fully saturated rings. The zero-order valence-electron chi connectivity index (χ0n) is 13.4. The van der Waals surface area contributed by atoms with Crippen molar-refractivity contribution >= 4 is 23.3 Å². The van der Waals surface area contributed by atoms with Crippen LogP contribution in [0.3, 0.4) is 0 Å². The van der Waals surface area contributed by atoms with Gasteiger partial charge in [-0.05, 0) is 37.1 Å². The Morgan fingerprint density at radius 3 is 2.75 bits per heavy atom. The molecule has 3 heterocycles. The molecule has 0 bridgehead atoms. The van der Waals surface area contributed by atoms with Gasteiger partial charge < -0.3 is 14.8 Å². The smallest absolute Gasteiger partial charge is 0.268 e. The maximum absolute atomic E-state index is 12.3. The van der Waals surface area contributed by atoms with Crippen LogP contribution in [0.5, 0.6) is 0 Å². The van der Waals surface area contributed by atoms with Crippen molar-refractivity contribution in [2.45, 2.75) is 18.9 Å². The second-order valence-corrected chi connectivity index (χ2v) is 6.26. The molecule has 1 aliphatic rings. The van der Waals surface area contributed by atoms with E-state index in [0.717, 1.165) is 31.7 Å². The average Bonchev–Trinajstić information content (AvgIpc) is 3.02. The van der Waals surface area contributed by atoms with E-state index in [9.17, 15) is 4.79 Å². The van der Waals surface area contributed by atoms with Crippen molar-refractivity contribution in [3.05, 3.63) is 46.9 Å². The lowest BCUT2D eigenvalue weighted by molar-refractivity contribution is 0.0923. The Hall–Kier alpha value is -2.52. The Bertz CT molecular complexity index is 787. The number of nitriles is 1. The van der Waals surface area contributed by atoms with Crippen LogP contribution in [0.15, 0.2) is 30.5 Å². The number of nitrogens with zero attached hydrogens (tertiary/aromatic N) is 4. The van der Waals surface area contributed by atoms with Crippen molar-refractivity contribution in [1.29, 1.82) is 5.26 Å². The highest BCUT2D eigenvalue weighted by Crippen LogP contribution is 2.22. The number of pyridine rings is 1. The Kier molecular flexibility index (Phi) is 4.72. The van der Waals surface area contributed by atoms with Crippen molar-refractivity contribution in [1.82, 2.24) is 14.9 Å². The monoisotopic (exact) mass is 343 g/mol. The highest BCUT2D eigenvalue weighted by Gasteiger charge is 2.23. The summed E-state index contributed by atoms with van der Waals surface area (Å²) in [4.78, 5) is 18.7. The number of anilines is 1. The van der Waals surface area contributed by atoms with Crippen LogP contribution in [0.25, 0.3) is 0 Å². The van der Waals surface area contributed by atoms with E-state index in [-0.39, 0.29) is 17.6 Å². The lowest BCUT2D eigenvalue weighted by Gasteiger charge is -2.33. The van der Waals surface area contributed by atoms with E-state index in [4.69, 9.17) is 16.9 Å². The summed E-state index contributed by atoms with van der Waals surface area (Å²) in [7, 11) is 1.86. The van der Waals surface area contributed by atoms with Crippen molar-refractivity contribution in [3.8, 4) is 6.07 Å². The third kappa shape index (κ3) is 3.36. The molecular formula is C17H18ClN5O. The van der Waals surface area contributed by atoms with Crippen LogP contribution >= 0.6 is 11.6 Å². The number of carbonyl (C=O) groups excluding carboxylic acids is 1. The molecule has 0 radical (unpaired) electrons. The van der Waals surface area contributed by atoms with Gasteiger partial charge in [0.2, 0.25) is 0 Å². The van der Waals surface area contributed by atoms with Gasteiger partial charge in [0, 0.05) is 32.4 Å². The maximum atomic E-state index is 12.3. The van der Waals surface area contributed by atoms with Gasteiger partial charge >= 0.3 is 0 Å². The number of aromatic nitrogens is 2. The first-order chi connectivity index (χ1) is 11.6. The summed E-state index contributed by atoms with van der Waals surface area (Å²) < 4.78 is 1.81. The van der Waals surface area contributed by atoms with Gasteiger partial charge in [0.1, 0.15) is 17.6 Å². The first-order valence-electron chi connectivity index (χ1n) is 7.82. The molecule has 0 spiro atoms. The van der Waals surface area contributed by atoms with Crippen molar-refractivity contribution in [2.75, 3.05) is 18.0 Å². The second kappa shape index (κ2) is 6.93. The molecule has 1 N–H and O–H groups in total. The summed E-state index contributed by atoms with van der Waals surface area (Å²) in [6, 6.07) is 9.34. The number of amides is 1. The number of aryl methyl sites for hydroxylation is 1. The molecule has 2 aromatic rings. The van der Waals surface area contributed by atoms with Gasteiger partial charge in [0.15, 0.2) is 5.69 Å². The van der Waals surface area contributed by atoms with Crippen molar-refractivity contribution in [3.63, 3.8) is 0 Å². The lowest BCUT2D eigenvalue weighted by Crippen LogP contribution is -2.45. The van der Waals surface area contributed by atoms with Gasteiger partial charge in [0.25, 0.3) is 5.91 Å². The van der Waals surface area contributed by atoms with Crippen molar-refractivity contribution in [2.24, 2.45) is 7.05 Å². The van der Waals surface area contributed by atoms with Crippen LogP contribution < -0.4 is 10.2 Å². The Morgan fingerprint density at radius 1 is 1.38 bits per heavy atom. The molecule has 0 aromatic carbocycles. The zero-order chi connectivity index (χ0) is 17.1. The van der Waals surface area contributed by atoms with Crippen LogP contribution in [0.2, 0.25) is 5.02 Å². The number of hydrogen-bond acceptors (Lipinski definition) is 4. The molecule has 2 aromatic heterocycles. The molecule has 1 saturated heterocycles. The Balaban J connectivity index is 1.59. The van der Waals surface area contributed by atoms with E-state index in [1.807, 2.05) is 42.1 Å². The van der Waals surface area contributed by atoms with Gasteiger partial charge in [-0.25, -0.2) is 4.98 Å². The average molecular weight is 344 g/mol. The molecule has 6 nitrogen and oxygen atoms in total. The van der Waals surface area contributed by atoms with E-state index in [1.165, 1.54) is 0 Å². The minimum absolute atomic E-state index is 0.0441. The largest absolute Gasteiger partial charge is 0.356 e. The van der Waals surface area contributed by atoms with Gasteiger partial charge in [-0.3, -0.25) is 4.79 Å². The van der Waals surface area contributed by atoms with E-state index in [0.29, 0.717) is 10.7 Å². The molecule has 0 unspecified atom stereocenters. The van der Waals surface area contributed by atoms with E-state index >= 15 is 0 Å². The van der Waals surface area contributed by atoms with Gasteiger partial charge in [0.05, 0.1) is 5.02 Å². The lowest BCUT2D eigenvalue weighted by atomic mass is 10.0. The van der Waals surface area contributed by atoms with Crippen LogP contribution in [0.4, 0.5) is 5.82 Å². The molecule has 0 saturated carbocycles. The standard InChI is InChI=1S/C17H18ClN5O/c1-22-8-2-3-15(22)17(24)20-12-6-9-23(10-7-12)16-5-4-13(18)14(11-19)21-16/h2-5,8,12H,6-7,9-10H2,1H3,(H,20,24). The fraction of sp³-hybridized carbons (Fsp3) is 0.353. The second-order valence-electron chi connectivity index (χ2n) is 5.85. The number of rotatable bonds is 3. The fourth-order valence-corrected chi connectivity index (χ4v) is 3.04. The third-order valence-corrected chi connectivity index (χ3v) is 4.57. The molecule has 3 rings (SSSR count). The number of piperidine rings is 1. The normalized spacial score (nSPS) is 15.1. The molecule has 7 heteroatoms. The predicted octanol–water partition coefficient (Wildman–Crippen LogP) is 2.34. The minimum Gasteiger partial charge on any atom is -0.356 e. The molecule has 1 amide bonds. The highest BCUT2D eigenvalue weighted by molar-refractivity contribution is 6.31. The summed E-state index contributed by atoms with van der Waals surface area (Å²) in [5.41, 5.74) is 0.906. The van der Waals surface area contributed by atoms with Gasteiger partial charge in [-0.1, -0.05) is 11.6 Å². The van der Waals surface area contributed by atoms with Crippen LogP contribution in [-0.2, 0) is 7.05 Å². The van der Waals surface area contributed by atoms with E-state index in [2.05, 4.69) is 15.2 Å². The first kappa shape index (κ1) is 16.3. The highest BCUT2D eigenvalue weighted by atomic mass is 35.5. The summed E-state index contributed by atoms with van der Waals surface area (Å²) in [5.74, 6) is 0.709. The first-order valence-corrected chi connectivity index (χ1v) is 8.20. The van der Waals surface area contributed by atoms with E-state index in [1.54, 1.807) is 6.07 Å². The molecule has 0 atom stereocenters. The summed E-state index contributed by atoms with van der Waals surface area (Å²) in [5, 5.41) is 12.5. The molecule has 0 aliphatic carbocycles. The summed E-state index contributed by atoms with van der Waals surface area (Å²) in [6.45, 7) is 1.55. The summed E-state index contributed by atoms with van der Waals surface area (Å²) in [6.07, 6.45) is 3.53. The quantitative estimate of drug-likeness (QED) is 0.928. The van der Waals surface area contributed by atoms with Gasteiger partial charge in [-0.2, -0.15) is 5.26 Å². The minimum atomic E-state index is -0.0441. The fourth-order valence-electron chi connectivity index (χ4n) is 2.90. The third-order valence-electron chi connectivity index (χ3n) is 4.27. The molecule has 124 valence electrons. The topological polar surface area (TPSA) is 74.0 Å². The SMILES string of the molecule is Cn1cccc1C(=O)NC1CCN(c2ccc(Cl)c(C#N)n2)CC1. The maximum Gasteiger partial charge on any atom is 0.268 e. The number of nitrogens with one attached hydrogen (secondary N) is 1. The molecule has 24 heavy (non-hydrogen) atoms. The van der Waals surface area contributed by atoms with Crippen LogP contribution in [0.1, 0.15) is 29.0 Å². The number of hydrogen-bond donors (Lipinski definition) is 1. The Labute approximate surface area is 145 Å². The number of carbonyl (C=O) groups is 1.